The molecule has 0 atom stereocenters. The van der Waals surface area contributed by atoms with Crippen molar-refractivity contribution in [2.75, 3.05) is 0 Å². The van der Waals surface area contributed by atoms with Gasteiger partial charge >= 0.3 is 5.97 Å². The number of carbonyl (C=O) groups is 2. The molecule has 1 aliphatic heterocycles. The molecule has 0 bridgehead atoms. The molecule has 1 heterocycles. The molecule has 0 aliphatic carbocycles. The van der Waals surface area contributed by atoms with E-state index in [0.29, 0.717) is 17.8 Å². The van der Waals surface area contributed by atoms with E-state index in [0.717, 1.165) is 5.06 Å². The van der Waals surface area contributed by atoms with Crippen molar-refractivity contribution < 1.29 is 14.4 Å². The van der Waals surface area contributed by atoms with E-state index in [1.165, 1.54) is 6.92 Å². The van der Waals surface area contributed by atoms with E-state index in [1.807, 2.05) is 0 Å². The quantitative estimate of drug-likeness (QED) is 0.438. The Hall–Kier alpha value is 0.0300. The van der Waals surface area contributed by atoms with Crippen LogP contribution in [0.15, 0.2) is 0 Å². The molecule has 61 valence electrons. The van der Waals surface area contributed by atoms with Gasteiger partial charge in [-0.25, -0.2) is 4.79 Å². The fraction of sp³-hybridized carbons (Fsp3) is 0.500. The summed E-state index contributed by atoms with van der Waals surface area (Å²) in [5.74, 6) is -0.771. The van der Waals surface area contributed by atoms with Crippen LogP contribution < -0.4 is 0 Å². The number of amides is 1. The third-order valence-electron chi connectivity index (χ3n) is 1.23. The zero-order chi connectivity index (χ0) is 8.43. The Kier molecular flexibility index (Phi) is 4.92. The molecule has 1 fully saturated rings. The summed E-state index contributed by atoms with van der Waals surface area (Å²) < 4.78 is 0. The molecular formula is C6H7NNaO3S. The molecule has 1 saturated heterocycles. The molecule has 0 aromatic carbocycles. The maximum Gasteiger partial charge on any atom is 0.330 e. The van der Waals surface area contributed by atoms with Gasteiger partial charge in [0.1, 0.15) is 4.99 Å². The number of hydrogen-bond acceptors (Lipinski definition) is 4. The van der Waals surface area contributed by atoms with Gasteiger partial charge in [0.15, 0.2) is 0 Å². The van der Waals surface area contributed by atoms with E-state index in [4.69, 9.17) is 12.2 Å². The number of carbonyl (C=O) groups excluding carboxylic acids is 2. The molecule has 1 radical (unpaired) electrons. The average Bonchev–Trinajstić information content (AvgIpc) is 2.18. The third-order valence-corrected chi connectivity index (χ3v) is 1.60. The van der Waals surface area contributed by atoms with Crippen LogP contribution in [-0.4, -0.2) is 51.5 Å². The van der Waals surface area contributed by atoms with Gasteiger partial charge in [-0.15, -0.1) is 5.06 Å². The van der Waals surface area contributed by atoms with Crippen molar-refractivity contribution >= 4 is 58.6 Å². The van der Waals surface area contributed by atoms with Crippen LogP contribution in [-0.2, 0) is 14.4 Å². The van der Waals surface area contributed by atoms with E-state index >= 15 is 0 Å². The van der Waals surface area contributed by atoms with Gasteiger partial charge in [0.25, 0.3) is 5.91 Å². The van der Waals surface area contributed by atoms with Crippen LogP contribution >= 0.6 is 12.2 Å². The van der Waals surface area contributed by atoms with E-state index in [1.54, 1.807) is 0 Å². The number of hydroxylamine groups is 2. The van der Waals surface area contributed by atoms with Gasteiger partial charge in [-0.2, -0.15) is 0 Å². The van der Waals surface area contributed by atoms with Crippen molar-refractivity contribution in [2.45, 2.75) is 19.8 Å². The van der Waals surface area contributed by atoms with Crippen LogP contribution in [0.4, 0.5) is 0 Å². The maximum absolute atomic E-state index is 10.9. The molecule has 0 aromatic rings. The van der Waals surface area contributed by atoms with E-state index < -0.39 is 5.97 Å². The Balaban J connectivity index is 0.00000121. The molecule has 4 nitrogen and oxygen atoms in total. The first-order valence-electron chi connectivity index (χ1n) is 3.15. The Labute approximate surface area is 97.5 Å². The van der Waals surface area contributed by atoms with E-state index in [9.17, 15) is 9.59 Å². The van der Waals surface area contributed by atoms with Gasteiger partial charge < -0.3 is 4.84 Å². The topological polar surface area (TPSA) is 46.6 Å². The summed E-state index contributed by atoms with van der Waals surface area (Å²) >= 11 is 4.76. The van der Waals surface area contributed by atoms with Crippen LogP contribution in [0.5, 0.6) is 0 Å². The van der Waals surface area contributed by atoms with Gasteiger partial charge in [-0.1, -0.05) is 12.2 Å². The summed E-state index contributed by atoms with van der Waals surface area (Å²) in [4.78, 5) is 26.2. The molecule has 12 heavy (non-hydrogen) atoms. The Morgan fingerprint density at radius 3 is 2.50 bits per heavy atom. The molecule has 1 amide bonds. The maximum atomic E-state index is 10.9. The first-order valence-corrected chi connectivity index (χ1v) is 3.56. The minimum atomic E-state index is -0.525. The molecule has 0 unspecified atom stereocenters. The number of hydrogen-bond donors (Lipinski definition) is 0. The largest absolute Gasteiger partial charge is 0.333 e. The second-order valence-electron chi connectivity index (χ2n) is 2.16. The first kappa shape index (κ1) is 12.0. The SMILES string of the molecule is CC(=O)ON1C(=O)CCC1=S.[Na]. The van der Waals surface area contributed by atoms with Crippen LogP contribution in [0, 0.1) is 0 Å². The third kappa shape index (κ3) is 2.82. The van der Waals surface area contributed by atoms with Gasteiger partial charge in [0.05, 0.1) is 0 Å². The summed E-state index contributed by atoms with van der Waals surface area (Å²) in [6, 6.07) is 0. The fourth-order valence-electron chi connectivity index (χ4n) is 0.786. The molecule has 0 spiro atoms. The Morgan fingerprint density at radius 1 is 1.58 bits per heavy atom. The Morgan fingerprint density at radius 2 is 2.17 bits per heavy atom. The van der Waals surface area contributed by atoms with Crippen LogP contribution in [0.25, 0.3) is 0 Å². The molecule has 0 N–H and O–H groups in total. The second kappa shape index (κ2) is 4.91. The summed E-state index contributed by atoms with van der Waals surface area (Å²) in [5, 5.41) is 0.887. The average molecular weight is 196 g/mol. The molecule has 6 heteroatoms. The molecule has 0 saturated carbocycles. The van der Waals surface area contributed by atoms with Gasteiger partial charge in [0.2, 0.25) is 0 Å². The van der Waals surface area contributed by atoms with E-state index in [2.05, 4.69) is 4.84 Å². The Bertz CT molecular complexity index is 215. The van der Waals surface area contributed by atoms with Gasteiger partial charge in [-0.05, 0) is 0 Å². The predicted octanol–water partition coefficient (Wildman–Crippen LogP) is 0.0335. The number of rotatable bonds is 1. The van der Waals surface area contributed by atoms with Crippen LogP contribution in [0.3, 0.4) is 0 Å². The molecule has 1 rings (SSSR count). The van der Waals surface area contributed by atoms with Crippen molar-refractivity contribution in [1.82, 2.24) is 5.06 Å². The second-order valence-corrected chi connectivity index (χ2v) is 2.64. The molecular weight excluding hydrogens is 189 g/mol. The number of thiocarbonyl (C=S) groups is 1. The minimum absolute atomic E-state index is 0. The van der Waals surface area contributed by atoms with Crippen molar-refractivity contribution in [3.8, 4) is 0 Å². The summed E-state index contributed by atoms with van der Waals surface area (Å²) in [6.45, 7) is 1.23. The monoisotopic (exact) mass is 196 g/mol. The fourth-order valence-corrected chi connectivity index (χ4v) is 1.03. The van der Waals surface area contributed by atoms with Gasteiger partial charge in [-0.3, -0.25) is 4.79 Å². The van der Waals surface area contributed by atoms with Crippen molar-refractivity contribution in [3.05, 3.63) is 0 Å². The van der Waals surface area contributed by atoms with Crippen molar-refractivity contribution in [1.29, 1.82) is 0 Å². The summed E-state index contributed by atoms with van der Waals surface area (Å²) in [7, 11) is 0. The zero-order valence-corrected chi connectivity index (χ0v) is 9.81. The standard InChI is InChI=1S/C6H7NO3S.Na/c1-4(8)10-7-5(9)2-3-6(7)11;/h2-3H2,1H3;. The molecule has 0 aromatic heterocycles. The van der Waals surface area contributed by atoms with E-state index in [-0.39, 0.29) is 35.5 Å². The molecule has 1 aliphatic rings. The van der Waals surface area contributed by atoms with Crippen LogP contribution in [0.2, 0.25) is 0 Å². The summed E-state index contributed by atoms with van der Waals surface area (Å²) in [5.41, 5.74) is 0. The number of nitrogens with zero attached hydrogens (tertiary/aromatic N) is 1. The van der Waals surface area contributed by atoms with Crippen molar-refractivity contribution in [2.24, 2.45) is 0 Å². The first-order chi connectivity index (χ1) is 5.11. The van der Waals surface area contributed by atoms with Crippen molar-refractivity contribution in [3.63, 3.8) is 0 Å². The smallest absolute Gasteiger partial charge is 0.330 e. The summed E-state index contributed by atoms with van der Waals surface area (Å²) in [6.07, 6.45) is 0.841. The zero-order valence-electron chi connectivity index (χ0n) is 6.99. The van der Waals surface area contributed by atoms with Crippen LogP contribution in [0.1, 0.15) is 19.8 Å². The predicted molar refractivity (Wildman–Crippen MR) is 46.2 cm³/mol. The minimum Gasteiger partial charge on any atom is -0.333 e. The van der Waals surface area contributed by atoms with Gasteiger partial charge in [0, 0.05) is 49.3 Å². The normalized spacial score (nSPS) is 15.9.